The van der Waals surface area contributed by atoms with Crippen molar-refractivity contribution in [2.75, 3.05) is 80.3 Å². The average molecular weight is 1130 g/mol. The van der Waals surface area contributed by atoms with Crippen LogP contribution in [0.2, 0.25) is 10.0 Å². The normalized spacial score (nSPS) is 14.6. The van der Waals surface area contributed by atoms with Crippen molar-refractivity contribution in [2.24, 2.45) is 9.98 Å². The minimum absolute atomic E-state index is 0.00729. The second-order valence-corrected chi connectivity index (χ2v) is 20.9. The van der Waals surface area contributed by atoms with Crippen LogP contribution in [0.15, 0.2) is 58.5 Å². The molecule has 6 aromatic rings. The van der Waals surface area contributed by atoms with Gasteiger partial charge in [-0.15, -0.1) is 43.1 Å². The van der Waals surface area contributed by atoms with Gasteiger partial charge < -0.3 is 33.2 Å². The number of ether oxygens (including phenoxy) is 7. The summed E-state index contributed by atoms with van der Waals surface area (Å²) in [6, 6.07) is 13.3. The van der Waals surface area contributed by atoms with Crippen molar-refractivity contribution < 1.29 is 52.3 Å². The number of methoxy groups -OCH3 is 2. The van der Waals surface area contributed by atoms with Gasteiger partial charge in [0, 0.05) is 58.4 Å². The summed E-state index contributed by atoms with van der Waals surface area (Å²) in [5, 5.41) is 20.1. The smallest absolute Gasteiger partial charge is 0.308 e. The number of ketones is 2. The van der Waals surface area contributed by atoms with Crippen molar-refractivity contribution in [1.29, 1.82) is 0 Å². The Morgan fingerprint density at radius 3 is 1.18 bits per heavy atom. The number of hydrogen-bond donors (Lipinski definition) is 0. The van der Waals surface area contributed by atoms with E-state index in [2.05, 4.69) is 20.4 Å². The second kappa shape index (κ2) is 27.1. The highest BCUT2D eigenvalue weighted by molar-refractivity contribution is 7.17. The van der Waals surface area contributed by atoms with Gasteiger partial charge in [0.15, 0.2) is 23.2 Å². The van der Waals surface area contributed by atoms with Crippen LogP contribution in [0.1, 0.15) is 127 Å². The Labute approximate surface area is 463 Å². The quantitative estimate of drug-likeness (QED) is 0.0254. The molecule has 2 aliphatic rings. The van der Waals surface area contributed by atoms with Gasteiger partial charge in [-0.05, 0) is 75.9 Å². The highest BCUT2D eigenvalue weighted by Crippen LogP contribution is 2.42. The van der Waals surface area contributed by atoms with Crippen LogP contribution < -0.4 is 0 Å². The molecule has 0 unspecified atom stereocenters. The number of fused-ring (bicyclic) bond motifs is 6. The first kappa shape index (κ1) is 57.3. The van der Waals surface area contributed by atoms with E-state index < -0.39 is 24.0 Å². The number of rotatable bonds is 28. The molecule has 0 bridgehead atoms. The van der Waals surface area contributed by atoms with Crippen LogP contribution in [0, 0.1) is 27.7 Å². The van der Waals surface area contributed by atoms with E-state index in [9.17, 15) is 19.2 Å². The summed E-state index contributed by atoms with van der Waals surface area (Å²) in [4.78, 5) is 63.8. The number of nitrogens with zero attached hydrogens (tertiary/aromatic N) is 8. The van der Waals surface area contributed by atoms with E-state index >= 15 is 0 Å². The van der Waals surface area contributed by atoms with E-state index in [1.807, 2.05) is 61.1 Å². The molecule has 0 radical (unpaired) electrons. The maximum atomic E-state index is 13.7. The minimum atomic E-state index is -0.657. The van der Waals surface area contributed by atoms with Crippen molar-refractivity contribution in [1.82, 2.24) is 29.5 Å². The number of hydrogen-bond acceptors (Lipinski definition) is 19. The standard InChI is InChI=1S/C54H60Cl2N8O11S2/c1-31-45-47(35-11-15-37(55)16-12-35)57-39(29-43(67)69-5)51-61-59-33(3)63(51)53(45)76-49(31)41(65)9-7-19-71-21-23-73-25-27-75-28-26-74-24-22-72-20-8-10-42(66)50-32(2)46-48(36-13-17-38(56)18-14-36)58-40(30-44(68)70-6)52-62-60-34(4)64(52)54(46)77-50/h11-18,39-40H,7-10,19-30H2,1-6H3/t39-,40-/m0/s1. The van der Waals surface area contributed by atoms with Gasteiger partial charge >= 0.3 is 11.9 Å². The summed E-state index contributed by atoms with van der Waals surface area (Å²) < 4.78 is 42.3. The van der Waals surface area contributed by atoms with E-state index in [1.54, 1.807) is 24.3 Å². The van der Waals surface area contributed by atoms with Gasteiger partial charge in [0.2, 0.25) is 0 Å². The molecule has 0 aliphatic carbocycles. The number of carbonyl (C=O) groups excluding carboxylic acids is 4. The second-order valence-electron chi connectivity index (χ2n) is 18.0. The minimum Gasteiger partial charge on any atom is -0.469 e. The van der Waals surface area contributed by atoms with Crippen LogP contribution in [-0.2, 0) is 42.7 Å². The number of thiophene rings is 2. The molecule has 2 aliphatic heterocycles. The van der Waals surface area contributed by atoms with E-state index in [0.29, 0.717) is 133 Å². The lowest BCUT2D eigenvalue weighted by Crippen LogP contribution is -2.13. The van der Waals surface area contributed by atoms with Gasteiger partial charge in [0.05, 0.1) is 101 Å². The first-order valence-corrected chi connectivity index (χ1v) is 27.6. The number of Topliss-reactive ketones (excluding diaryl/α,β-unsaturated/α-hetero) is 2. The predicted octanol–water partition coefficient (Wildman–Crippen LogP) is 9.13. The maximum Gasteiger partial charge on any atom is 0.308 e. The first-order valence-electron chi connectivity index (χ1n) is 25.2. The molecule has 2 atom stereocenters. The molecule has 6 heterocycles. The van der Waals surface area contributed by atoms with E-state index in [-0.39, 0.29) is 37.2 Å². The van der Waals surface area contributed by atoms with Gasteiger partial charge in [-0.2, -0.15) is 0 Å². The number of benzene rings is 2. The lowest BCUT2D eigenvalue weighted by molar-refractivity contribution is -0.142. The largest absolute Gasteiger partial charge is 0.469 e. The summed E-state index contributed by atoms with van der Waals surface area (Å²) in [7, 11) is 2.68. The summed E-state index contributed by atoms with van der Waals surface area (Å²) in [6.07, 6.45) is 1.58. The highest BCUT2D eigenvalue weighted by atomic mass is 35.5. The Morgan fingerprint density at radius 1 is 0.506 bits per heavy atom. The van der Waals surface area contributed by atoms with Crippen LogP contribution in [0.3, 0.4) is 0 Å². The topological polar surface area (TPSA) is 219 Å². The summed E-state index contributed by atoms with van der Waals surface area (Å²) in [5.74, 6) is 1.35. The van der Waals surface area contributed by atoms with E-state index in [0.717, 1.165) is 43.4 Å². The van der Waals surface area contributed by atoms with Crippen LogP contribution in [0.5, 0.6) is 0 Å². The number of esters is 2. The van der Waals surface area contributed by atoms with Crippen molar-refractivity contribution in [3.63, 3.8) is 0 Å². The van der Waals surface area contributed by atoms with Crippen molar-refractivity contribution in [3.8, 4) is 10.0 Å². The predicted molar refractivity (Wildman–Crippen MR) is 292 cm³/mol. The van der Waals surface area contributed by atoms with Crippen LogP contribution in [0.25, 0.3) is 10.0 Å². The maximum absolute atomic E-state index is 13.7. The number of aromatic nitrogens is 6. The molecule has 2 aromatic carbocycles. The molecule has 0 saturated carbocycles. The lowest BCUT2D eigenvalue weighted by Gasteiger charge is -2.12. The zero-order valence-electron chi connectivity index (χ0n) is 43.7. The molecule has 408 valence electrons. The highest BCUT2D eigenvalue weighted by Gasteiger charge is 2.36. The Kier molecular flexibility index (Phi) is 20.2. The number of aliphatic imine (C=N–C) groups is 2. The van der Waals surface area contributed by atoms with E-state index in [1.165, 1.54) is 36.9 Å². The van der Waals surface area contributed by atoms with Gasteiger partial charge in [0.1, 0.15) is 33.7 Å². The van der Waals surface area contributed by atoms with Crippen LogP contribution in [-0.4, -0.2) is 145 Å². The first-order chi connectivity index (χ1) is 37.3. The van der Waals surface area contributed by atoms with Gasteiger partial charge in [-0.25, -0.2) is 0 Å². The Balaban J connectivity index is 0.698. The fourth-order valence-corrected chi connectivity index (χ4v) is 11.9. The van der Waals surface area contributed by atoms with Crippen molar-refractivity contribution in [3.05, 3.63) is 125 Å². The van der Waals surface area contributed by atoms with Crippen LogP contribution >= 0.6 is 45.9 Å². The number of carbonyl (C=O) groups is 4. The molecule has 77 heavy (non-hydrogen) atoms. The van der Waals surface area contributed by atoms with Gasteiger partial charge in [-0.1, -0.05) is 47.5 Å². The molecule has 23 heteroatoms. The fraction of sp³-hybridized carbons (Fsp3) is 0.444. The van der Waals surface area contributed by atoms with Crippen molar-refractivity contribution >= 4 is 80.8 Å². The molecule has 8 rings (SSSR count). The van der Waals surface area contributed by atoms with E-state index in [4.69, 9.17) is 66.3 Å². The molecule has 19 nitrogen and oxygen atoms in total. The Morgan fingerprint density at radius 2 is 0.844 bits per heavy atom. The third kappa shape index (κ3) is 13.7. The Bertz CT molecular complexity index is 2920. The molecule has 0 fully saturated rings. The summed E-state index contributed by atoms with van der Waals surface area (Å²) in [5.41, 5.74) is 6.00. The molecule has 0 amide bonds. The molecule has 0 N–H and O–H groups in total. The third-order valence-corrected chi connectivity index (χ3v) is 15.9. The molecular formula is C54H60Cl2N8O11S2. The van der Waals surface area contributed by atoms with Gasteiger partial charge in [-0.3, -0.25) is 38.3 Å². The molecule has 0 spiro atoms. The lowest BCUT2D eigenvalue weighted by atomic mass is 9.98. The van der Waals surface area contributed by atoms with Gasteiger partial charge in [0.25, 0.3) is 0 Å². The SMILES string of the molecule is COC(=O)C[C@@H]1N=C(c2ccc(Cl)cc2)c2c(sc(C(=O)CCCOCCOCCOCCOCCOCCCC(=O)c3sc4c(c3C)C(c3ccc(Cl)cc3)=N[C@@H](CC(=O)OC)c3nnc(C)n3-4)c2C)-n2c(C)nnc21. The van der Waals surface area contributed by atoms with Crippen molar-refractivity contribution in [2.45, 2.75) is 78.3 Å². The number of aryl methyl sites for hydroxylation is 2. The zero-order chi connectivity index (χ0) is 54.6. The number of halogens is 2. The summed E-state index contributed by atoms with van der Waals surface area (Å²) >= 11 is 15.2. The third-order valence-electron chi connectivity index (χ3n) is 12.8. The molecular weight excluding hydrogens is 1070 g/mol. The van der Waals surface area contributed by atoms with Crippen LogP contribution in [0.4, 0.5) is 0 Å². The summed E-state index contributed by atoms with van der Waals surface area (Å²) in [6.45, 7) is 11.4. The molecule has 4 aromatic heterocycles. The fourth-order valence-electron chi connectivity index (χ4n) is 8.94. The average Bonchev–Trinajstić information content (AvgIpc) is 4.17. The Hall–Kier alpha value is -5.88. The zero-order valence-corrected chi connectivity index (χ0v) is 46.9. The molecule has 0 saturated heterocycles. The monoisotopic (exact) mass is 1130 g/mol.